The lowest BCUT2D eigenvalue weighted by Gasteiger charge is -2.05. The van der Waals surface area contributed by atoms with Crippen LogP contribution in [-0.4, -0.2) is 14.9 Å². The highest BCUT2D eigenvalue weighted by atomic mass is 35.5. The van der Waals surface area contributed by atoms with Crippen LogP contribution in [0.1, 0.15) is 0 Å². The van der Waals surface area contributed by atoms with Gasteiger partial charge in [-0.05, 0) is 48.5 Å². The van der Waals surface area contributed by atoms with Crippen molar-refractivity contribution in [1.82, 2.24) is 9.97 Å². The number of rotatable bonds is 4. The molecule has 4 aromatic rings. The molecule has 3 aromatic carbocycles. The van der Waals surface area contributed by atoms with Gasteiger partial charge in [0.25, 0.3) is 5.69 Å². The van der Waals surface area contributed by atoms with E-state index in [0.717, 1.165) is 15.9 Å². The summed E-state index contributed by atoms with van der Waals surface area (Å²) in [6, 6.07) is 20.0. The molecule has 1 N–H and O–H groups in total. The van der Waals surface area contributed by atoms with Crippen molar-refractivity contribution in [3.63, 3.8) is 0 Å². The first-order valence-electron chi connectivity index (χ1n) is 7.77. The molecule has 128 valence electrons. The quantitative estimate of drug-likeness (QED) is 0.350. The average molecular weight is 382 g/mol. The summed E-state index contributed by atoms with van der Waals surface area (Å²) in [6.45, 7) is 0. The molecule has 0 aliphatic rings. The van der Waals surface area contributed by atoms with Crippen LogP contribution in [0.3, 0.4) is 0 Å². The second-order valence-corrected chi connectivity index (χ2v) is 7.15. The molecule has 0 fully saturated rings. The summed E-state index contributed by atoms with van der Waals surface area (Å²) in [5.41, 5.74) is 2.44. The second-order valence-electron chi connectivity index (χ2n) is 5.60. The van der Waals surface area contributed by atoms with Crippen LogP contribution >= 0.6 is 23.4 Å². The van der Waals surface area contributed by atoms with Gasteiger partial charge in [-0.2, -0.15) is 0 Å². The Morgan fingerprint density at radius 2 is 1.81 bits per heavy atom. The van der Waals surface area contributed by atoms with Crippen molar-refractivity contribution in [3.8, 4) is 11.4 Å². The predicted molar refractivity (Wildman–Crippen MR) is 104 cm³/mol. The van der Waals surface area contributed by atoms with Gasteiger partial charge in [0.2, 0.25) is 0 Å². The number of hydrogen-bond donors (Lipinski definition) is 1. The molecule has 0 aliphatic carbocycles. The van der Waals surface area contributed by atoms with E-state index in [1.54, 1.807) is 24.3 Å². The Labute approximate surface area is 158 Å². The van der Waals surface area contributed by atoms with Crippen LogP contribution in [0.15, 0.2) is 76.5 Å². The van der Waals surface area contributed by atoms with Gasteiger partial charge in [-0.25, -0.2) is 4.98 Å². The molecule has 26 heavy (non-hydrogen) atoms. The lowest BCUT2D eigenvalue weighted by atomic mass is 10.2. The zero-order valence-electron chi connectivity index (χ0n) is 13.3. The number of halogens is 1. The maximum absolute atomic E-state index is 11.6. The van der Waals surface area contributed by atoms with Gasteiger partial charge in [-0.3, -0.25) is 10.1 Å². The number of hydrogen-bond acceptors (Lipinski definition) is 4. The Bertz CT molecular complexity index is 1080. The summed E-state index contributed by atoms with van der Waals surface area (Å²) in [7, 11) is 0. The lowest BCUT2D eigenvalue weighted by Crippen LogP contribution is -1.92. The van der Waals surface area contributed by atoms with Gasteiger partial charge in [0.1, 0.15) is 5.82 Å². The van der Waals surface area contributed by atoms with Crippen molar-refractivity contribution < 1.29 is 4.92 Å². The SMILES string of the molecule is O=[N+]([O-])c1cc(-c2nc3ccccc3[nH]2)ccc1Sc1ccc(Cl)cc1. The number of nitrogens with zero attached hydrogens (tertiary/aromatic N) is 2. The molecule has 0 radical (unpaired) electrons. The zero-order chi connectivity index (χ0) is 18.1. The Morgan fingerprint density at radius 3 is 2.54 bits per heavy atom. The third-order valence-electron chi connectivity index (χ3n) is 3.86. The number of H-pyrrole nitrogens is 1. The summed E-state index contributed by atoms with van der Waals surface area (Å²) < 4.78 is 0. The largest absolute Gasteiger partial charge is 0.338 e. The molecule has 0 bridgehead atoms. The standard InChI is InChI=1S/C19H12ClN3O2S/c20-13-6-8-14(9-7-13)26-18-10-5-12(11-17(18)23(24)25)19-21-15-3-1-2-4-16(15)22-19/h1-11H,(H,21,22). The molecule has 0 aliphatic heterocycles. The molecule has 1 heterocycles. The number of aromatic amines is 1. The van der Waals surface area contributed by atoms with Crippen molar-refractivity contribution in [3.05, 3.63) is 81.9 Å². The van der Waals surface area contributed by atoms with Crippen LogP contribution < -0.4 is 0 Å². The molecule has 5 nitrogen and oxygen atoms in total. The van der Waals surface area contributed by atoms with E-state index < -0.39 is 0 Å². The monoisotopic (exact) mass is 381 g/mol. The summed E-state index contributed by atoms with van der Waals surface area (Å²) in [4.78, 5) is 20.3. The number of imidazole rings is 1. The van der Waals surface area contributed by atoms with E-state index in [1.165, 1.54) is 11.8 Å². The number of para-hydroxylation sites is 2. The van der Waals surface area contributed by atoms with Gasteiger partial charge in [0, 0.05) is 21.5 Å². The van der Waals surface area contributed by atoms with E-state index in [9.17, 15) is 10.1 Å². The Balaban J connectivity index is 1.73. The topological polar surface area (TPSA) is 71.8 Å². The summed E-state index contributed by atoms with van der Waals surface area (Å²) in [5.74, 6) is 0.609. The average Bonchev–Trinajstić information content (AvgIpc) is 3.08. The van der Waals surface area contributed by atoms with Crippen LogP contribution in [0.5, 0.6) is 0 Å². The van der Waals surface area contributed by atoms with E-state index in [-0.39, 0.29) is 10.6 Å². The van der Waals surface area contributed by atoms with Gasteiger partial charge < -0.3 is 4.98 Å². The van der Waals surface area contributed by atoms with Gasteiger partial charge in [-0.15, -0.1) is 0 Å². The molecule has 0 amide bonds. The molecule has 1 aromatic heterocycles. The summed E-state index contributed by atoms with van der Waals surface area (Å²) >= 11 is 7.22. The Hall–Kier alpha value is -2.83. The maximum atomic E-state index is 11.6. The maximum Gasteiger partial charge on any atom is 0.283 e. The number of fused-ring (bicyclic) bond motifs is 1. The van der Waals surface area contributed by atoms with Crippen LogP contribution in [0, 0.1) is 10.1 Å². The number of nitro benzene ring substituents is 1. The third-order valence-corrected chi connectivity index (χ3v) is 5.18. The molecule has 0 saturated carbocycles. The first-order chi connectivity index (χ1) is 12.6. The van der Waals surface area contributed by atoms with Crippen LogP contribution in [0.2, 0.25) is 5.02 Å². The van der Waals surface area contributed by atoms with Gasteiger partial charge >= 0.3 is 0 Å². The number of aromatic nitrogens is 2. The first-order valence-corrected chi connectivity index (χ1v) is 8.96. The molecule has 7 heteroatoms. The van der Waals surface area contributed by atoms with Crippen molar-refractivity contribution in [2.45, 2.75) is 9.79 Å². The molecule has 0 atom stereocenters. The Kier molecular flexibility index (Phi) is 4.36. The van der Waals surface area contributed by atoms with Crippen molar-refractivity contribution >= 4 is 40.1 Å². The first kappa shape index (κ1) is 16.6. The number of nitro groups is 1. The normalized spacial score (nSPS) is 11.0. The second kappa shape index (κ2) is 6.82. The van der Waals surface area contributed by atoms with Crippen molar-refractivity contribution in [2.24, 2.45) is 0 Å². The highest BCUT2D eigenvalue weighted by molar-refractivity contribution is 7.99. The fourth-order valence-electron chi connectivity index (χ4n) is 2.61. The zero-order valence-corrected chi connectivity index (χ0v) is 14.9. The fraction of sp³-hybridized carbons (Fsp3) is 0. The van der Waals surface area contributed by atoms with Gasteiger partial charge in [0.15, 0.2) is 0 Å². The summed E-state index contributed by atoms with van der Waals surface area (Å²) in [5, 5.41) is 12.2. The smallest absolute Gasteiger partial charge is 0.283 e. The lowest BCUT2D eigenvalue weighted by molar-refractivity contribution is -0.387. The minimum absolute atomic E-state index is 0.0444. The summed E-state index contributed by atoms with van der Waals surface area (Å²) in [6.07, 6.45) is 0. The van der Waals surface area contributed by atoms with Crippen molar-refractivity contribution in [2.75, 3.05) is 0 Å². The molecule has 0 spiro atoms. The molecular weight excluding hydrogens is 370 g/mol. The van der Waals surface area contributed by atoms with Gasteiger partial charge in [-0.1, -0.05) is 35.5 Å². The minimum atomic E-state index is -0.371. The fourth-order valence-corrected chi connectivity index (χ4v) is 3.64. The molecule has 0 unspecified atom stereocenters. The van der Waals surface area contributed by atoms with E-state index in [4.69, 9.17) is 11.6 Å². The highest BCUT2D eigenvalue weighted by Crippen LogP contribution is 2.37. The Morgan fingerprint density at radius 1 is 1.04 bits per heavy atom. The minimum Gasteiger partial charge on any atom is -0.338 e. The molecule has 4 rings (SSSR count). The number of nitrogens with one attached hydrogen (secondary N) is 1. The van der Waals surface area contributed by atoms with E-state index in [2.05, 4.69) is 9.97 Å². The van der Waals surface area contributed by atoms with E-state index in [0.29, 0.717) is 21.3 Å². The molecular formula is C19H12ClN3O2S. The van der Waals surface area contributed by atoms with E-state index in [1.807, 2.05) is 42.5 Å². The van der Waals surface area contributed by atoms with E-state index >= 15 is 0 Å². The molecule has 0 saturated heterocycles. The van der Waals surface area contributed by atoms with Crippen LogP contribution in [-0.2, 0) is 0 Å². The number of benzene rings is 3. The van der Waals surface area contributed by atoms with Gasteiger partial charge in [0.05, 0.1) is 20.9 Å². The predicted octanol–water partition coefficient (Wildman–Crippen LogP) is 5.94. The third kappa shape index (κ3) is 3.29. The van der Waals surface area contributed by atoms with Crippen LogP contribution in [0.25, 0.3) is 22.4 Å². The van der Waals surface area contributed by atoms with Crippen LogP contribution in [0.4, 0.5) is 5.69 Å². The highest BCUT2D eigenvalue weighted by Gasteiger charge is 2.17. The van der Waals surface area contributed by atoms with Crippen molar-refractivity contribution in [1.29, 1.82) is 0 Å².